The van der Waals surface area contributed by atoms with Crippen molar-refractivity contribution in [3.8, 4) is 0 Å². The Hall–Kier alpha value is -1.23. The Morgan fingerprint density at radius 2 is 2.21 bits per heavy atom. The summed E-state index contributed by atoms with van der Waals surface area (Å²) in [7, 11) is 0. The van der Waals surface area contributed by atoms with Crippen molar-refractivity contribution in [3.05, 3.63) is 28.2 Å². The van der Waals surface area contributed by atoms with Crippen LogP contribution in [0.25, 0.3) is 0 Å². The fraction of sp³-hybridized carbons (Fsp3) is 0.500. The van der Waals surface area contributed by atoms with Gasteiger partial charge < -0.3 is 15.8 Å². The van der Waals surface area contributed by atoms with E-state index in [1.54, 1.807) is 0 Å². The molecule has 0 aliphatic carbocycles. The molecule has 1 aromatic rings. The van der Waals surface area contributed by atoms with E-state index in [-0.39, 0.29) is 5.84 Å². The minimum atomic E-state index is 0.132. The number of hydrogen-bond acceptors (Lipinski definition) is 3. The van der Waals surface area contributed by atoms with Crippen molar-refractivity contribution in [1.29, 1.82) is 0 Å². The Balaban J connectivity index is 2.30. The van der Waals surface area contributed by atoms with Gasteiger partial charge in [-0.25, -0.2) is 0 Å². The summed E-state index contributed by atoms with van der Waals surface area (Å²) in [5.74, 6) is 0.830. The summed E-state index contributed by atoms with van der Waals surface area (Å²) in [4.78, 5) is 2.42. The maximum absolute atomic E-state index is 8.71. The van der Waals surface area contributed by atoms with Gasteiger partial charge in [0, 0.05) is 22.6 Å². The first-order valence-corrected chi connectivity index (χ1v) is 7.38. The van der Waals surface area contributed by atoms with Crippen molar-refractivity contribution in [2.75, 3.05) is 11.4 Å². The van der Waals surface area contributed by atoms with Gasteiger partial charge in [0.1, 0.15) is 0 Å². The Morgan fingerprint density at radius 3 is 2.84 bits per heavy atom. The van der Waals surface area contributed by atoms with E-state index >= 15 is 0 Å². The van der Waals surface area contributed by atoms with E-state index in [0.717, 1.165) is 16.6 Å². The molecule has 1 saturated heterocycles. The molecule has 1 aliphatic heterocycles. The first-order chi connectivity index (χ1) is 9.04. The third kappa shape index (κ3) is 2.86. The van der Waals surface area contributed by atoms with E-state index in [1.165, 1.54) is 18.5 Å². The molecule has 0 aromatic heterocycles. The first-order valence-electron chi connectivity index (χ1n) is 6.58. The second-order valence-electron chi connectivity index (χ2n) is 5.20. The van der Waals surface area contributed by atoms with Crippen molar-refractivity contribution in [3.63, 3.8) is 0 Å². The van der Waals surface area contributed by atoms with Crippen LogP contribution in [0.15, 0.2) is 27.8 Å². The summed E-state index contributed by atoms with van der Waals surface area (Å²) >= 11 is 3.59. The lowest BCUT2D eigenvalue weighted by Gasteiger charge is -2.40. The predicted octanol–water partition coefficient (Wildman–Crippen LogP) is 3.17. The summed E-state index contributed by atoms with van der Waals surface area (Å²) in [5.41, 5.74) is 7.50. The Bertz CT molecular complexity index is 490. The number of piperidine rings is 1. The van der Waals surface area contributed by atoms with Gasteiger partial charge in [0.15, 0.2) is 5.84 Å². The lowest BCUT2D eigenvalue weighted by Crippen LogP contribution is -2.42. The number of rotatable bonds is 2. The predicted molar refractivity (Wildman–Crippen MR) is 81.9 cm³/mol. The number of nitrogens with two attached hydrogens (primary N) is 1. The molecule has 1 aliphatic rings. The minimum absolute atomic E-state index is 0.132. The molecule has 1 heterocycles. The van der Waals surface area contributed by atoms with Gasteiger partial charge in [-0.2, -0.15) is 0 Å². The molecule has 0 spiro atoms. The van der Waals surface area contributed by atoms with E-state index in [1.807, 2.05) is 18.2 Å². The molecule has 1 aromatic carbocycles. The van der Waals surface area contributed by atoms with Gasteiger partial charge >= 0.3 is 0 Å². The first kappa shape index (κ1) is 14.2. The van der Waals surface area contributed by atoms with E-state index in [9.17, 15) is 0 Å². The van der Waals surface area contributed by atoms with Crippen molar-refractivity contribution in [1.82, 2.24) is 0 Å². The van der Waals surface area contributed by atoms with Crippen LogP contribution in [0, 0.1) is 5.92 Å². The minimum Gasteiger partial charge on any atom is -0.409 e. The number of nitrogens with zero attached hydrogens (tertiary/aromatic N) is 2. The van der Waals surface area contributed by atoms with Crippen LogP contribution < -0.4 is 10.6 Å². The van der Waals surface area contributed by atoms with Crippen LogP contribution in [-0.4, -0.2) is 23.6 Å². The number of amidine groups is 1. The van der Waals surface area contributed by atoms with Crippen LogP contribution in [-0.2, 0) is 0 Å². The van der Waals surface area contributed by atoms with E-state index in [0.29, 0.717) is 12.0 Å². The van der Waals surface area contributed by atoms with Crippen LogP contribution in [0.1, 0.15) is 32.3 Å². The summed E-state index contributed by atoms with van der Waals surface area (Å²) in [6.07, 6.45) is 2.51. The molecule has 2 unspecified atom stereocenters. The highest BCUT2D eigenvalue weighted by molar-refractivity contribution is 9.10. The van der Waals surface area contributed by atoms with Gasteiger partial charge in [-0.15, -0.1) is 0 Å². The third-order valence-corrected chi connectivity index (χ3v) is 4.67. The van der Waals surface area contributed by atoms with Gasteiger partial charge in [-0.05, 0) is 59.8 Å². The Morgan fingerprint density at radius 1 is 1.47 bits per heavy atom. The quantitative estimate of drug-likeness (QED) is 0.380. The summed E-state index contributed by atoms with van der Waals surface area (Å²) in [6.45, 7) is 5.65. The summed E-state index contributed by atoms with van der Waals surface area (Å²) in [6, 6.07) is 6.35. The van der Waals surface area contributed by atoms with E-state index in [2.05, 4.69) is 39.8 Å². The SMILES string of the molecule is CC1CCCN(c2ccc(/C(N)=N/O)cc2Br)C1C. The fourth-order valence-corrected chi connectivity index (χ4v) is 3.24. The van der Waals surface area contributed by atoms with Crippen LogP contribution in [0.2, 0.25) is 0 Å². The van der Waals surface area contributed by atoms with Crippen LogP contribution in [0.5, 0.6) is 0 Å². The number of anilines is 1. The van der Waals surface area contributed by atoms with Crippen LogP contribution in [0.4, 0.5) is 5.69 Å². The average molecular weight is 326 g/mol. The standard InChI is InChI=1S/C14H20BrN3O/c1-9-4-3-7-18(10(9)2)13-6-5-11(8-12(13)15)14(16)17-19/h5-6,8-10,19H,3-4,7H2,1-2H3,(H2,16,17). The molecule has 2 atom stereocenters. The Kier molecular flexibility index (Phi) is 4.34. The maximum atomic E-state index is 8.71. The normalized spacial score (nSPS) is 24.6. The zero-order valence-electron chi connectivity index (χ0n) is 11.3. The number of halogens is 1. The zero-order valence-corrected chi connectivity index (χ0v) is 12.9. The monoisotopic (exact) mass is 325 g/mol. The average Bonchev–Trinajstić information content (AvgIpc) is 2.41. The third-order valence-electron chi connectivity index (χ3n) is 4.03. The van der Waals surface area contributed by atoms with E-state index < -0.39 is 0 Å². The topological polar surface area (TPSA) is 61.8 Å². The van der Waals surface area contributed by atoms with Crippen molar-refractivity contribution < 1.29 is 5.21 Å². The second-order valence-corrected chi connectivity index (χ2v) is 6.06. The molecule has 0 saturated carbocycles. The van der Waals surface area contributed by atoms with Crippen LogP contribution in [0.3, 0.4) is 0 Å². The lowest BCUT2D eigenvalue weighted by molar-refractivity contribution is 0.318. The van der Waals surface area contributed by atoms with Gasteiger partial charge in [0.2, 0.25) is 0 Å². The maximum Gasteiger partial charge on any atom is 0.170 e. The molecular formula is C14H20BrN3O. The van der Waals surface area contributed by atoms with Gasteiger partial charge in [-0.1, -0.05) is 12.1 Å². The fourth-order valence-electron chi connectivity index (χ4n) is 2.63. The van der Waals surface area contributed by atoms with Crippen molar-refractivity contribution in [2.24, 2.45) is 16.8 Å². The smallest absolute Gasteiger partial charge is 0.170 e. The highest BCUT2D eigenvalue weighted by atomic mass is 79.9. The van der Waals surface area contributed by atoms with Gasteiger partial charge in [0.25, 0.3) is 0 Å². The molecule has 3 N–H and O–H groups in total. The van der Waals surface area contributed by atoms with Crippen molar-refractivity contribution >= 4 is 27.5 Å². The molecule has 4 nitrogen and oxygen atoms in total. The molecule has 5 heteroatoms. The molecule has 0 amide bonds. The highest BCUT2D eigenvalue weighted by Gasteiger charge is 2.26. The molecular weight excluding hydrogens is 306 g/mol. The van der Waals surface area contributed by atoms with Gasteiger partial charge in [0.05, 0.1) is 5.69 Å². The van der Waals surface area contributed by atoms with Crippen LogP contribution >= 0.6 is 15.9 Å². The molecule has 0 radical (unpaired) electrons. The molecule has 0 bridgehead atoms. The van der Waals surface area contributed by atoms with Crippen molar-refractivity contribution in [2.45, 2.75) is 32.7 Å². The number of oxime groups is 1. The zero-order chi connectivity index (χ0) is 14.0. The number of hydrogen-bond donors (Lipinski definition) is 2. The highest BCUT2D eigenvalue weighted by Crippen LogP contribution is 2.34. The molecule has 1 fully saturated rings. The molecule has 2 rings (SSSR count). The molecule has 19 heavy (non-hydrogen) atoms. The Labute approximate surface area is 122 Å². The molecule has 104 valence electrons. The largest absolute Gasteiger partial charge is 0.409 e. The lowest BCUT2D eigenvalue weighted by atomic mass is 9.91. The summed E-state index contributed by atoms with van der Waals surface area (Å²) in [5, 5.41) is 11.7. The second kappa shape index (κ2) is 5.82. The summed E-state index contributed by atoms with van der Waals surface area (Å²) < 4.78 is 0.984. The van der Waals surface area contributed by atoms with Gasteiger partial charge in [-0.3, -0.25) is 0 Å². The number of benzene rings is 1. The van der Waals surface area contributed by atoms with E-state index in [4.69, 9.17) is 10.9 Å².